The zero-order valence-corrected chi connectivity index (χ0v) is 18.4. The Labute approximate surface area is 170 Å². The van der Waals surface area contributed by atoms with E-state index >= 15 is 0 Å². The number of likely N-dealkylation sites (N-methyl/N-ethyl adjacent to an activating group) is 1. The first-order valence-corrected chi connectivity index (χ1v) is 9.06. The number of nitrogens with one attached hydrogen (secondary N) is 1. The van der Waals surface area contributed by atoms with Gasteiger partial charge in [-0.1, -0.05) is 43.3 Å². The molecule has 1 N–H and O–H groups in total. The molecule has 0 radical (unpaired) electrons. The summed E-state index contributed by atoms with van der Waals surface area (Å²) >= 11 is 0. The van der Waals surface area contributed by atoms with Crippen molar-refractivity contribution in [2.75, 3.05) is 40.3 Å². The number of hydrogen-bond donors (Lipinski definition) is 1. The molecule has 1 aromatic carbocycles. The van der Waals surface area contributed by atoms with Gasteiger partial charge in [-0.15, -0.1) is 24.0 Å². The molecule has 0 amide bonds. The van der Waals surface area contributed by atoms with Crippen molar-refractivity contribution in [3.8, 4) is 0 Å². The van der Waals surface area contributed by atoms with Crippen molar-refractivity contribution in [3.63, 3.8) is 0 Å². The van der Waals surface area contributed by atoms with Crippen molar-refractivity contribution < 1.29 is 0 Å². The molecule has 0 fully saturated rings. The lowest BCUT2D eigenvalue weighted by atomic mass is 10.00. The van der Waals surface area contributed by atoms with E-state index < -0.39 is 0 Å². The predicted molar refractivity (Wildman–Crippen MR) is 120 cm³/mol. The van der Waals surface area contributed by atoms with Crippen LogP contribution < -0.4 is 5.32 Å². The molecule has 2 rings (SSSR count). The van der Waals surface area contributed by atoms with Crippen LogP contribution in [0.4, 0.5) is 0 Å². The molecule has 1 unspecified atom stereocenters. The van der Waals surface area contributed by atoms with Gasteiger partial charge < -0.3 is 15.1 Å². The maximum atomic E-state index is 4.46. The van der Waals surface area contributed by atoms with E-state index in [4.69, 9.17) is 0 Å². The Bertz CT molecular complexity index is 556. The fourth-order valence-electron chi connectivity index (χ4n) is 2.98. The minimum Gasteiger partial charge on any atom is -0.355 e. The Balaban J connectivity index is 0.00000312. The van der Waals surface area contributed by atoms with Gasteiger partial charge in [0.25, 0.3) is 0 Å². The Morgan fingerprint density at radius 2 is 2.04 bits per heavy atom. The van der Waals surface area contributed by atoms with E-state index in [-0.39, 0.29) is 24.0 Å². The van der Waals surface area contributed by atoms with E-state index in [1.54, 1.807) is 0 Å². The quantitative estimate of drug-likeness (QED) is 0.403. The topological polar surface area (TPSA) is 30.9 Å². The van der Waals surface area contributed by atoms with Crippen LogP contribution in [0.2, 0.25) is 0 Å². The van der Waals surface area contributed by atoms with Crippen molar-refractivity contribution >= 4 is 35.5 Å². The van der Waals surface area contributed by atoms with Gasteiger partial charge in [-0.25, -0.2) is 0 Å². The van der Waals surface area contributed by atoms with Crippen LogP contribution in [0, 0.1) is 0 Å². The third kappa shape index (κ3) is 6.62. The minimum absolute atomic E-state index is 0. The van der Waals surface area contributed by atoms with Crippen molar-refractivity contribution in [1.82, 2.24) is 15.1 Å². The Morgan fingerprint density at radius 1 is 1.32 bits per heavy atom. The average Bonchev–Trinajstić information content (AvgIpc) is 2.65. The SMILES string of the molecule is CCC(C)N(C)CCNC(=NC)N1CC=C(c2ccccc2)CC1.I. The normalized spacial score (nSPS) is 16.3. The number of benzene rings is 1. The van der Waals surface area contributed by atoms with Crippen molar-refractivity contribution in [1.29, 1.82) is 0 Å². The summed E-state index contributed by atoms with van der Waals surface area (Å²) in [6.45, 7) is 8.41. The fraction of sp³-hybridized carbons (Fsp3) is 0.550. The summed E-state index contributed by atoms with van der Waals surface area (Å²) in [5.41, 5.74) is 2.79. The molecule has 5 heteroatoms. The summed E-state index contributed by atoms with van der Waals surface area (Å²) in [6.07, 6.45) is 4.58. The van der Waals surface area contributed by atoms with E-state index in [1.807, 2.05) is 7.05 Å². The second-order valence-electron chi connectivity index (χ2n) is 6.50. The molecule has 1 aliphatic heterocycles. The molecular weight excluding hydrogens is 423 g/mol. The molecule has 140 valence electrons. The molecule has 0 saturated heterocycles. The molecule has 1 aromatic rings. The van der Waals surface area contributed by atoms with Gasteiger partial charge in [0.15, 0.2) is 5.96 Å². The van der Waals surface area contributed by atoms with E-state index in [1.165, 1.54) is 17.6 Å². The van der Waals surface area contributed by atoms with Crippen LogP contribution in [0.5, 0.6) is 0 Å². The largest absolute Gasteiger partial charge is 0.355 e. The van der Waals surface area contributed by atoms with Crippen molar-refractivity contribution in [3.05, 3.63) is 42.0 Å². The highest BCUT2D eigenvalue weighted by Crippen LogP contribution is 2.21. The van der Waals surface area contributed by atoms with Gasteiger partial charge in [-0.2, -0.15) is 0 Å². The highest BCUT2D eigenvalue weighted by Gasteiger charge is 2.16. The van der Waals surface area contributed by atoms with Gasteiger partial charge >= 0.3 is 0 Å². The van der Waals surface area contributed by atoms with E-state index in [2.05, 4.69) is 77.4 Å². The standard InChI is InChI=1S/C20H32N4.HI/c1-5-17(2)23(4)16-13-22-20(21-3)24-14-11-19(12-15-24)18-9-7-6-8-10-18;/h6-11,17H,5,12-16H2,1-4H3,(H,21,22);1H. The number of halogens is 1. The molecule has 1 aliphatic rings. The Morgan fingerprint density at radius 3 is 2.60 bits per heavy atom. The second kappa shape index (κ2) is 11.5. The summed E-state index contributed by atoms with van der Waals surface area (Å²) < 4.78 is 0. The number of hydrogen-bond acceptors (Lipinski definition) is 2. The fourth-order valence-corrected chi connectivity index (χ4v) is 2.98. The summed E-state index contributed by atoms with van der Waals surface area (Å²) in [6, 6.07) is 11.3. The van der Waals surface area contributed by atoms with Gasteiger partial charge in [0.05, 0.1) is 0 Å². The maximum absolute atomic E-state index is 4.46. The lowest BCUT2D eigenvalue weighted by Gasteiger charge is -2.30. The first-order chi connectivity index (χ1) is 11.7. The molecular formula is C20H33IN4. The van der Waals surface area contributed by atoms with E-state index in [0.29, 0.717) is 6.04 Å². The maximum Gasteiger partial charge on any atom is 0.193 e. The average molecular weight is 456 g/mol. The smallest absolute Gasteiger partial charge is 0.193 e. The molecule has 1 heterocycles. The summed E-state index contributed by atoms with van der Waals surface area (Å²) in [5.74, 6) is 1.01. The third-order valence-corrected chi connectivity index (χ3v) is 4.96. The highest BCUT2D eigenvalue weighted by molar-refractivity contribution is 14.0. The lowest BCUT2D eigenvalue weighted by Crippen LogP contribution is -2.46. The number of aliphatic imine (C=N–C) groups is 1. The molecule has 0 aromatic heterocycles. The zero-order chi connectivity index (χ0) is 17.4. The minimum atomic E-state index is 0. The van der Waals surface area contributed by atoms with Gasteiger partial charge in [0.1, 0.15) is 0 Å². The Kier molecular flexibility index (Phi) is 10.1. The molecule has 0 aliphatic carbocycles. The van der Waals surface area contributed by atoms with Gasteiger partial charge in [0, 0.05) is 39.3 Å². The highest BCUT2D eigenvalue weighted by atomic mass is 127. The molecule has 0 spiro atoms. The molecule has 25 heavy (non-hydrogen) atoms. The van der Waals surface area contributed by atoms with Gasteiger partial charge in [-0.3, -0.25) is 4.99 Å². The summed E-state index contributed by atoms with van der Waals surface area (Å²) in [5, 5.41) is 3.51. The molecule has 0 saturated carbocycles. The first kappa shape index (κ1) is 22.0. The predicted octanol–water partition coefficient (Wildman–Crippen LogP) is 3.70. The van der Waals surface area contributed by atoms with Gasteiger partial charge in [-0.05, 0) is 37.9 Å². The van der Waals surface area contributed by atoms with Crippen LogP contribution in [0.3, 0.4) is 0 Å². The van der Waals surface area contributed by atoms with Crippen LogP contribution in [0.15, 0.2) is 41.4 Å². The van der Waals surface area contributed by atoms with Crippen LogP contribution in [-0.4, -0.2) is 62.1 Å². The summed E-state index contributed by atoms with van der Waals surface area (Å²) in [4.78, 5) is 9.18. The third-order valence-electron chi connectivity index (χ3n) is 4.96. The monoisotopic (exact) mass is 456 g/mol. The van der Waals surface area contributed by atoms with E-state index in [9.17, 15) is 0 Å². The van der Waals surface area contributed by atoms with Crippen LogP contribution in [0.25, 0.3) is 5.57 Å². The number of rotatable bonds is 6. The molecule has 0 bridgehead atoms. The second-order valence-corrected chi connectivity index (χ2v) is 6.50. The number of nitrogens with zero attached hydrogens (tertiary/aromatic N) is 3. The zero-order valence-electron chi connectivity index (χ0n) is 16.0. The van der Waals surface area contributed by atoms with Crippen LogP contribution >= 0.6 is 24.0 Å². The molecule has 4 nitrogen and oxygen atoms in total. The first-order valence-electron chi connectivity index (χ1n) is 9.06. The van der Waals surface area contributed by atoms with Crippen molar-refractivity contribution in [2.24, 2.45) is 4.99 Å². The van der Waals surface area contributed by atoms with E-state index in [0.717, 1.165) is 38.6 Å². The van der Waals surface area contributed by atoms with Crippen molar-refractivity contribution in [2.45, 2.75) is 32.7 Å². The lowest BCUT2D eigenvalue weighted by molar-refractivity contribution is 0.254. The van der Waals surface area contributed by atoms with Crippen LogP contribution in [0.1, 0.15) is 32.3 Å². The summed E-state index contributed by atoms with van der Waals surface area (Å²) in [7, 11) is 4.06. The Hall–Kier alpha value is -1.08. The molecule has 1 atom stereocenters. The van der Waals surface area contributed by atoms with Gasteiger partial charge in [0.2, 0.25) is 0 Å². The van der Waals surface area contributed by atoms with Crippen LogP contribution in [-0.2, 0) is 0 Å². The number of guanidine groups is 1.